The van der Waals surface area contributed by atoms with Crippen LogP contribution in [0.25, 0.3) is 0 Å². The summed E-state index contributed by atoms with van der Waals surface area (Å²) in [6, 6.07) is 7.44. The van der Waals surface area contributed by atoms with Crippen LogP contribution < -0.4 is 15.8 Å². The van der Waals surface area contributed by atoms with Crippen LogP contribution in [0, 0.1) is 5.92 Å². The van der Waals surface area contributed by atoms with Gasteiger partial charge in [0.15, 0.2) is 0 Å². The second-order valence-corrected chi connectivity index (χ2v) is 6.18. The number of ether oxygens (including phenoxy) is 1. The monoisotopic (exact) mass is 292 g/mol. The van der Waals surface area contributed by atoms with Crippen LogP contribution in [0.3, 0.4) is 0 Å². The molecule has 0 aliphatic rings. The Balaban J connectivity index is 2.62. The number of nitrogens with one attached hydrogen (secondary N) is 1. The van der Waals surface area contributed by atoms with Gasteiger partial charge in [0.25, 0.3) is 0 Å². The summed E-state index contributed by atoms with van der Waals surface area (Å²) in [6.07, 6.45) is 2.54. The lowest BCUT2D eigenvalue weighted by Crippen LogP contribution is -2.48. The Morgan fingerprint density at radius 1 is 1.43 bits per heavy atom. The molecule has 1 aromatic carbocycles. The van der Waals surface area contributed by atoms with Gasteiger partial charge in [0, 0.05) is 11.8 Å². The van der Waals surface area contributed by atoms with Crippen molar-refractivity contribution in [1.82, 2.24) is 0 Å². The maximum Gasteiger partial charge on any atom is 0.244 e. The van der Waals surface area contributed by atoms with E-state index in [0.717, 1.165) is 24.3 Å². The van der Waals surface area contributed by atoms with Gasteiger partial charge in [-0.3, -0.25) is 4.79 Å². The molecule has 0 heterocycles. The van der Waals surface area contributed by atoms with E-state index in [2.05, 4.69) is 19.2 Å². The van der Waals surface area contributed by atoms with Gasteiger partial charge in [0.2, 0.25) is 5.91 Å². The molecule has 4 heteroatoms. The average Bonchev–Trinajstić information content (AvgIpc) is 2.38. The molecule has 0 saturated heterocycles. The van der Waals surface area contributed by atoms with Gasteiger partial charge in [-0.05, 0) is 37.8 Å². The summed E-state index contributed by atoms with van der Waals surface area (Å²) >= 11 is 0. The molecule has 4 nitrogen and oxygen atoms in total. The molecule has 1 rings (SSSR count). The fraction of sp³-hybridized carbons (Fsp3) is 0.588. The van der Waals surface area contributed by atoms with Crippen LogP contribution in [0.15, 0.2) is 24.3 Å². The number of carbonyl (C=O) groups excluding carboxylic acids is 1. The molecule has 1 aromatic rings. The highest BCUT2D eigenvalue weighted by atomic mass is 16.5. The maximum atomic E-state index is 12.2. The number of amides is 1. The Kier molecular flexibility index (Phi) is 6.69. The molecule has 0 aliphatic carbocycles. The minimum absolute atomic E-state index is 0.163. The largest absolute Gasteiger partial charge is 0.494 e. The van der Waals surface area contributed by atoms with Crippen molar-refractivity contribution in [3.8, 4) is 5.75 Å². The van der Waals surface area contributed by atoms with Crippen molar-refractivity contribution >= 4 is 11.6 Å². The number of hydrogen-bond donors (Lipinski definition) is 2. The third-order valence-corrected chi connectivity index (χ3v) is 3.34. The number of rotatable bonds is 8. The van der Waals surface area contributed by atoms with E-state index in [9.17, 15) is 4.79 Å². The zero-order chi connectivity index (χ0) is 15.9. The molecule has 0 aromatic heterocycles. The first-order valence-corrected chi connectivity index (χ1v) is 7.68. The van der Waals surface area contributed by atoms with E-state index in [4.69, 9.17) is 10.5 Å². The minimum atomic E-state index is -0.844. The molecule has 0 saturated carbocycles. The third kappa shape index (κ3) is 6.17. The predicted molar refractivity (Wildman–Crippen MR) is 87.5 cm³/mol. The first kappa shape index (κ1) is 17.5. The Morgan fingerprint density at radius 2 is 2.14 bits per heavy atom. The Labute approximate surface area is 128 Å². The predicted octanol–water partition coefficient (Wildman–Crippen LogP) is 3.57. The zero-order valence-corrected chi connectivity index (χ0v) is 13.6. The van der Waals surface area contributed by atoms with Crippen LogP contribution in [-0.4, -0.2) is 18.1 Å². The van der Waals surface area contributed by atoms with Crippen molar-refractivity contribution in [3.63, 3.8) is 0 Å². The van der Waals surface area contributed by atoms with Gasteiger partial charge in [-0.15, -0.1) is 0 Å². The smallest absolute Gasteiger partial charge is 0.244 e. The highest BCUT2D eigenvalue weighted by molar-refractivity contribution is 5.97. The SMILES string of the molecule is CCCC(C)(N)C(=O)Nc1cccc(OCCC(C)C)c1. The van der Waals surface area contributed by atoms with E-state index in [1.54, 1.807) is 6.92 Å². The first-order valence-electron chi connectivity index (χ1n) is 7.68. The van der Waals surface area contributed by atoms with E-state index < -0.39 is 5.54 Å². The number of anilines is 1. The second-order valence-electron chi connectivity index (χ2n) is 6.18. The summed E-state index contributed by atoms with van der Waals surface area (Å²) in [5, 5.41) is 2.86. The third-order valence-electron chi connectivity index (χ3n) is 3.34. The van der Waals surface area contributed by atoms with E-state index in [0.29, 0.717) is 18.9 Å². The Morgan fingerprint density at radius 3 is 2.76 bits per heavy atom. The van der Waals surface area contributed by atoms with Crippen molar-refractivity contribution in [2.75, 3.05) is 11.9 Å². The lowest BCUT2D eigenvalue weighted by molar-refractivity contribution is -0.120. The number of hydrogen-bond acceptors (Lipinski definition) is 3. The van der Waals surface area contributed by atoms with E-state index >= 15 is 0 Å². The molecular weight excluding hydrogens is 264 g/mol. The van der Waals surface area contributed by atoms with Crippen LogP contribution in [0.1, 0.15) is 47.0 Å². The molecule has 118 valence electrons. The lowest BCUT2D eigenvalue weighted by Gasteiger charge is -2.23. The number of nitrogens with two attached hydrogens (primary N) is 1. The topological polar surface area (TPSA) is 64.4 Å². The Hall–Kier alpha value is -1.55. The molecule has 1 amide bonds. The summed E-state index contributed by atoms with van der Waals surface area (Å²) < 4.78 is 5.69. The molecule has 1 atom stereocenters. The van der Waals surface area contributed by atoms with Crippen LogP contribution in [0.2, 0.25) is 0 Å². The number of carbonyl (C=O) groups is 1. The van der Waals surface area contributed by atoms with Gasteiger partial charge in [0.05, 0.1) is 12.1 Å². The lowest BCUT2D eigenvalue weighted by atomic mass is 9.96. The van der Waals surface area contributed by atoms with Gasteiger partial charge in [-0.25, -0.2) is 0 Å². The first-order chi connectivity index (χ1) is 9.85. The van der Waals surface area contributed by atoms with E-state index in [1.165, 1.54) is 0 Å². The van der Waals surface area contributed by atoms with Crippen molar-refractivity contribution in [2.45, 2.75) is 52.5 Å². The molecule has 0 spiro atoms. The molecule has 1 unspecified atom stereocenters. The average molecular weight is 292 g/mol. The molecule has 0 aliphatic heterocycles. The summed E-state index contributed by atoms with van der Waals surface area (Å²) in [4.78, 5) is 12.2. The van der Waals surface area contributed by atoms with Gasteiger partial charge >= 0.3 is 0 Å². The minimum Gasteiger partial charge on any atom is -0.494 e. The van der Waals surface area contributed by atoms with Gasteiger partial charge in [-0.2, -0.15) is 0 Å². The standard InChI is InChI=1S/C17H28N2O2/c1-5-10-17(4,18)16(20)19-14-7-6-8-15(12-14)21-11-9-13(2)3/h6-8,12-13H,5,9-11,18H2,1-4H3,(H,19,20). The molecular formula is C17H28N2O2. The van der Waals surface area contributed by atoms with Crippen molar-refractivity contribution in [2.24, 2.45) is 11.7 Å². The Bertz CT molecular complexity index is 456. The van der Waals surface area contributed by atoms with Crippen molar-refractivity contribution < 1.29 is 9.53 Å². The second kappa shape index (κ2) is 8.03. The molecule has 0 radical (unpaired) electrons. The zero-order valence-electron chi connectivity index (χ0n) is 13.6. The highest BCUT2D eigenvalue weighted by Gasteiger charge is 2.27. The molecule has 0 bridgehead atoms. The summed E-state index contributed by atoms with van der Waals surface area (Å²) in [7, 11) is 0. The van der Waals surface area contributed by atoms with Gasteiger partial charge in [0.1, 0.15) is 5.75 Å². The fourth-order valence-electron chi connectivity index (χ4n) is 1.98. The van der Waals surface area contributed by atoms with Crippen LogP contribution in [-0.2, 0) is 4.79 Å². The summed E-state index contributed by atoms with van der Waals surface area (Å²) in [5.41, 5.74) is 5.90. The quantitative estimate of drug-likeness (QED) is 0.770. The van der Waals surface area contributed by atoms with Gasteiger partial charge in [-0.1, -0.05) is 33.3 Å². The van der Waals surface area contributed by atoms with Crippen molar-refractivity contribution in [1.29, 1.82) is 0 Å². The molecule has 21 heavy (non-hydrogen) atoms. The molecule has 0 fully saturated rings. The highest BCUT2D eigenvalue weighted by Crippen LogP contribution is 2.20. The maximum absolute atomic E-state index is 12.2. The van der Waals surface area contributed by atoms with Crippen molar-refractivity contribution in [3.05, 3.63) is 24.3 Å². The van der Waals surface area contributed by atoms with E-state index in [-0.39, 0.29) is 5.91 Å². The summed E-state index contributed by atoms with van der Waals surface area (Å²) in [6.45, 7) is 8.78. The van der Waals surface area contributed by atoms with Gasteiger partial charge < -0.3 is 15.8 Å². The van der Waals surface area contributed by atoms with Crippen LogP contribution >= 0.6 is 0 Å². The normalized spacial score (nSPS) is 13.8. The fourth-order valence-corrected chi connectivity index (χ4v) is 1.98. The number of benzene rings is 1. The van der Waals surface area contributed by atoms with Crippen LogP contribution in [0.5, 0.6) is 5.75 Å². The molecule has 3 N–H and O–H groups in total. The van der Waals surface area contributed by atoms with Crippen LogP contribution in [0.4, 0.5) is 5.69 Å². The summed E-state index contributed by atoms with van der Waals surface area (Å²) in [5.74, 6) is 1.21. The van der Waals surface area contributed by atoms with E-state index in [1.807, 2.05) is 31.2 Å².